The van der Waals surface area contributed by atoms with Crippen molar-refractivity contribution in [3.63, 3.8) is 0 Å². The van der Waals surface area contributed by atoms with Gasteiger partial charge in [0.2, 0.25) is 12.6 Å². The standard InChI is InChI=1S/C33H31F4O8S2.C21H28O8.C12H4F4OS2.F6P/c1-15-16(2)32(43-19(5)40)33(45-27(15)14-42-18(4)39)44-26-7-6-21(8-20(26)13-41-17(3)38)47-30-11-24(36)22(34)9-28(30)46-29-10-23(35)25(37)12-31(29)47;1-12-13(2)20(27-16(5)24)21(29-19(12)11-26-15(4)23)28-18-9-7-6-8-17(18)10-25-14(3)22;13-5-1-9-11(3-7(5)15)19(17)12-4-8(16)6(14)2-10(12)18-9;1-7(2,3,4,5)6/h6-12,15-16,27,32-33H,13-14H2,1-5H3;6-9,12-13,19-21H,10-11H2,1-5H3;1-4H;/q+1;;;-1. The Kier molecular flexibility index (Phi) is 26.4. The third-order valence-electron chi connectivity index (χ3n) is 15.3. The molecule has 0 bridgehead atoms. The Balaban J connectivity index is 0.000000223. The maximum absolute atomic E-state index is 14.6. The number of para-hydroxylation sites is 1. The van der Waals surface area contributed by atoms with Gasteiger partial charge in [-0.1, -0.05) is 69.4 Å². The van der Waals surface area contributed by atoms with Crippen molar-refractivity contribution in [2.45, 2.75) is 164 Å². The molecule has 10 rings (SSSR count). The molecule has 556 valence electrons. The summed E-state index contributed by atoms with van der Waals surface area (Å²) in [5.41, 5.74) is 0.973. The summed E-state index contributed by atoms with van der Waals surface area (Å²) in [6.07, 6.45) is -4.64. The van der Waals surface area contributed by atoms with Gasteiger partial charge in [0.1, 0.15) is 48.8 Å². The molecule has 0 radical (unpaired) electrons. The van der Waals surface area contributed by atoms with E-state index in [1.165, 1.54) is 41.5 Å². The quantitative estimate of drug-likeness (QED) is 0.0307. The molecule has 0 aliphatic carbocycles. The van der Waals surface area contributed by atoms with Gasteiger partial charge >= 0.3 is 68.8 Å². The first kappa shape index (κ1) is 81.6. The molecule has 0 N–H and O–H groups in total. The first-order chi connectivity index (χ1) is 47.3. The number of carbonyl (C=O) groups is 6. The van der Waals surface area contributed by atoms with E-state index in [0.717, 1.165) is 72.1 Å². The molecule has 2 fully saturated rings. The van der Waals surface area contributed by atoms with Crippen molar-refractivity contribution in [2.24, 2.45) is 23.7 Å². The topological polar surface area (TPSA) is 212 Å². The Morgan fingerprint density at radius 1 is 0.441 bits per heavy atom. The van der Waals surface area contributed by atoms with Crippen molar-refractivity contribution < 1.29 is 141 Å². The van der Waals surface area contributed by atoms with Crippen LogP contribution in [0.1, 0.15) is 80.4 Å². The van der Waals surface area contributed by atoms with E-state index in [2.05, 4.69) is 0 Å². The van der Waals surface area contributed by atoms with Crippen LogP contribution < -0.4 is 9.47 Å². The van der Waals surface area contributed by atoms with Gasteiger partial charge in [0.05, 0.1) is 42.6 Å². The smallest absolute Gasteiger partial charge is 0.160 e. The van der Waals surface area contributed by atoms with E-state index < -0.39 is 149 Å². The van der Waals surface area contributed by atoms with Crippen LogP contribution in [0.2, 0.25) is 0 Å². The second-order valence-corrected chi connectivity index (χ2v) is 30.5. The van der Waals surface area contributed by atoms with Crippen LogP contribution >= 0.6 is 31.3 Å². The molecule has 4 heterocycles. The number of hydrogen-bond acceptors (Lipinski definition) is 19. The number of benzene rings is 6. The van der Waals surface area contributed by atoms with Gasteiger partial charge in [0.15, 0.2) is 73.4 Å². The third kappa shape index (κ3) is 22.7. The zero-order valence-corrected chi connectivity index (χ0v) is 59.2. The van der Waals surface area contributed by atoms with Gasteiger partial charge in [-0.05, 0) is 66.4 Å². The van der Waals surface area contributed by atoms with Gasteiger partial charge < -0.3 is 47.4 Å². The normalized spacial score (nSPS) is 21.9. The molecular formula is C66H63F14O17PS4. The number of rotatable bonds is 15. The van der Waals surface area contributed by atoms with E-state index in [1.807, 2.05) is 27.7 Å². The van der Waals surface area contributed by atoms with Crippen molar-refractivity contribution in [1.82, 2.24) is 0 Å². The molecule has 10 atom stereocenters. The number of halogens is 14. The largest absolute Gasteiger partial charge is 0.249 e. The SMILES string of the molecule is CC(=O)OCc1cc([S+]2c3cc(F)c(F)cc3Sc3cc(F)c(F)cc32)ccc1OC1OC(COC(C)=O)C(C)C(C)C1OC(C)=O.CC(=O)OCc1ccccc1OC1OC(COC(C)=O)C(C)C(C)C1OC(C)=O.F[P-](F)(F)(F)(F)F.O=S1c2cc(F)c(F)cc2Sc2cc(F)c(F)cc21. The van der Waals surface area contributed by atoms with Crippen LogP contribution in [-0.2, 0) is 102 Å². The minimum atomic E-state index is -10.7. The minimum Gasteiger partial charge on any atom is -0.249 e. The predicted molar refractivity (Wildman–Crippen MR) is 338 cm³/mol. The van der Waals surface area contributed by atoms with Crippen molar-refractivity contribution in [1.29, 1.82) is 0 Å². The Labute approximate surface area is 587 Å². The molecule has 6 aromatic carbocycles. The van der Waals surface area contributed by atoms with Gasteiger partial charge in [-0.3, -0.25) is 28.8 Å². The number of ether oxygens (including phenoxy) is 10. The molecule has 0 aromatic heterocycles. The Hall–Kier alpha value is -7.69. The zero-order chi connectivity index (χ0) is 75.8. The van der Waals surface area contributed by atoms with E-state index >= 15 is 0 Å². The Bertz CT molecular complexity index is 4070. The summed E-state index contributed by atoms with van der Waals surface area (Å²) < 4.78 is 238. The summed E-state index contributed by atoms with van der Waals surface area (Å²) >= 11 is 1.92. The minimum absolute atomic E-state index is 0.0410. The fourth-order valence-corrected chi connectivity index (χ4v) is 16.7. The molecule has 10 unspecified atom stereocenters. The summed E-state index contributed by atoms with van der Waals surface area (Å²) in [7, 11) is -13.8. The molecule has 36 heteroatoms. The van der Waals surface area contributed by atoms with Crippen LogP contribution in [0.3, 0.4) is 0 Å². The van der Waals surface area contributed by atoms with Crippen molar-refractivity contribution in [3.05, 3.63) is 149 Å². The molecule has 0 amide bonds. The van der Waals surface area contributed by atoms with Gasteiger partial charge in [0, 0.05) is 92.5 Å². The molecule has 4 aliphatic rings. The summed E-state index contributed by atoms with van der Waals surface area (Å²) in [5, 5.41) is 0. The Morgan fingerprint density at radius 3 is 1.18 bits per heavy atom. The second-order valence-electron chi connectivity index (χ2n) is 23.0. The molecule has 17 nitrogen and oxygen atoms in total. The molecule has 102 heavy (non-hydrogen) atoms. The van der Waals surface area contributed by atoms with E-state index in [-0.39, 0.29) is 75.4 Å². The van der Waals surface area contributed by atoms with E-state index in [1.54, 1.807) is 42.5 Å². The van der Waals surface area contributed by atoms with Gasteiger partial charge in [-0.25, -0.2) is 39.3 Å². The second kappa shape index (κ2) is 33.0. The van der Waals surface area contributed by atoms with Gasteiger partial charge in [-0.15, -0.1) is 0 Å². The van der Waals surface area contributed by atoms with Crippen molar-refractivity contribution in [2.75, 3.05) is 13.2 Å². The number of esters is 6. The summed E-state index contributed by atoms with van der Waals surface area (Å²) in [4.78, 5) is 71.8. The molecule has 6 aromatic rings. The van der Waals surface area contributed by atoms with E-state index in [0.29, 0.717) is 41.4 Å². The van der Waals surface area contributed by atoms with Gasteiger partial charge in [-0.2, -0.15) is 0 Å². The van der Waals surface area contributed by atoms with Gasteiger partial charge in [0.25, 0.3) is 0 Å². The van der Waals surface area contributed by atoms with Crippen molar-refractivity contribution >= 4 is 88.8 Å². The molecule has 0 spiro atoms. The van der Waals surface area contributed by atoms with Crippen LogP contribution in [0.5, 0.6) is 11.5 Å². The number of fused-ring (bicyclic) bond motifs is 4. The zero-order valence-electron chi connectivity index (χ0n) is 55.1. The van der Waals surface area contributed by atoms with Crippen molar-refractivity contribution in [3.8, 4) is 11.5 Å². The summed E-state index contributed by atoms with van der Waals surface area (Å²) in [5.74, 6) is -11.7. The average Bonchev–Trinajstić information content (AvgIpc) is 0.743. The third-order valence-corrected chi connectivity index (χ3v) is 21.8. The first-order valence-corrected chi connectivity index (χ1v) is 36.1. The Morgan fingerprint density at radius 2 is 0.784 bits per heavy atom. The molecular weight excluding hydrogens is 1490 g/mol. The van der Waals surface area contributed by atoms with Crippen LogP contribution in [0.4, 0.5) is 60.3 Å². The van der Waals surface area contributed by atoms with Crippen LogP contribution in [0.15, 0.2) is 135 Å². The number of hydrogen-bond donors (Lipinski definition) is 0. The van der Waals surface area contributed by atoms with Crippen LogP contribution in [-0.4, -0.2) is 90.2 Å². The van der Waals surface area contributed by atoms with Crippen LogP contribution in [0.25, 0.3) is 0 Å². The van der Waals surface area contributed by atoms with Crippen LogP contribution in [0, 0.1) is 70.2 Å². The van der Waals surface area contributed by atoms with E-state index in [9.17, 15) is 93.3 Å². The fourth-order valence-electron chi connectivity index (χ4n) is 10.2. The van der Waals surface area contributed by atoms with E-state index in [4.69, 9.17) is 47.4 Å². The summed E-state index contributed by atoms with van der Waals surface area (Å²) in [6, 6.07) is 19.4. The fraction of sp³-hybridized carbons (Fsp3) is 0.364. The maximum atomic E-state index is 14.6. The summed E-state index contributed by atoms with van der Waals surface area (Å²) in [6.45, 7) is 15.1. The average molecular weight is 1550 g/mol. The number of carbonyl (C=O) groups excluding carboxylic acids is 6. The monoisotopic (exact) mass is 1550 g/mol. The molecule has 2 saturated heterocycles. The predicted octanol–water partition coefficient (Wildman–Crippen LogP) is 16.6. The molecule has 0 saturated carbocycles. The molecule has 4 aliphatic heterocycles. The first-order valence-electron chi connectivity index (χ1n) is 30.1. The maximum Gasteiger partial charge on any atom is 0.160 e.